The first-order valence-electron chi connectivity index (χ1n) is 6.81. The SMILES string of the molecule is CN(Cc1ccc(C#N)cc1)C(=O)c1ccc2c(c1)OCO2. The van der Waals surface area contributed by atoms with E-state index in [0.717, 1.165) is 5.56 Å². The molecule has 3 rings (SSSR count). The van der Waals surface area contributed by atoms with Crippen molar-refractivity contribution in [1.29, 1.82) is 5.26 Å². The number of carbonyl (C=O) groups excluding carboxylic acids is 1. The first-order valence-corrected chi connectivity index (χ1v) is 6.81. The van der Waals surface area contributed by atoms with Crippen molar-refractivity contribution < 1.29 is 14.3 Å². The lowest BCUT2D eigenvalue weighted by Gasteiger charge is -2.17. The van der Waals surface area contributed by atoms with Gasteiger partial charge in [0.1, 0.15) is 0 Å². The van der Waals surface area contributed by atoms with Crippen LogP contribution in [0.15, 0.2) is 42.5 Å². The number of ether oxygens (including phenoxy) is 2. The first kappa shape index (κ1) is 14.0. The van der Waals surface area contributed by atoms with Crippen LogP contribution in [0.1, 0.15) is 21.5 Å². The molecule has 1 amide bonds. The number of carbonyl (C=O) groups is 1. The van der Waals surface area contributed by atoms with Gasteiger partial charge in [0.05, 0.1) is 11.6 Å². The van der Waals surface area contributed by atoms with Gasteiger partial charge >= 0.3 is 0 Å². The van der Waals surface area contributed by atoms with Crippen LogP contribution in [-0.4, -0.2) is 24.6 Å². The molecule has 0 fully saturated rings. The van der Waals surface area contributed by atoms with Gasteiger partial charge in [0, 0.05) is 19.2 Å². The van der Waals surface area contributed by atoms with Crippen LogP contribution in [0.2, 0.25) is 0 Å². The second-order valence-electron chi connectivity index (χ2n) is 5.04. The van der Waals surface area contributed by atoms with E-state index >= 15 is 0 Å². The van der Waals surface area contributed by atoms with E-state index in [1.165, 1.54) is 0 Å². The number of nitrogens with zero attached hydrogens (tertiary/aromatic N) is 2. The third-order valence-electron chi connectivity index (χ3n) is 3.47. The summed E-state index contributed by atoms with van der Waals surface area (Å²) >= 11 is 0. The van der Waals surface area contributed by atoms with Crippen LogP contribution in [0.5, 0.6) is 11.5 Å². The predicted molar refractivity (Wildman–Crippen MR) is 79.5 cm³/mol. The fourth-order valence-electron chi connectivity index (χ4n) is 2.28. The second kappa shape index (κ2) is 5.78. The fraction of sp³-hybridized carbons (Fsp3) is 0.176. The van der Waals surface area contributed by atoms with Gasteiger partial charge in [-0.25, -0.2) is 0 Å². The van der Waals surface area contributed by atoms with Crippen molar-refractivity contribution in [3.05, 3.63) is 59.2 Å². The van der Waals surface area contributed by atoms with E-state index in [1.807, 2.05) is 12.1 Å². The van der Waals surface area contributed by atoms with E-state index in [9.17, 15) is 4.79 Å². The van der Waals surface area contributed by atoms with Crippen LogP contribution in [0.25, 0.3) is 0 Å². The zero-order valence-electron chi connectivity index (χ0n) is 12.1. The van der Waals surface area contributed by atoms with Gasteiger partial charge in [-0.1, -0.05) is 12.1 Å². The summed E-state index contributed by atoms with van der Waals surface area (Å²) in [6.07, 6.45) is 0. The van der Waals surface area contributed by atoms with Gasteiger partial charge in [-0.2, -0.15) is 5.26 Å². The maximum absolute atomic E-state index is 12.4. The van der Waals surface area contributed by atoms with Crippen molar-refractivity contribution in [2.45, 2.75) is 6.54 Å². The van der Waals surface area contributed by atoms with Gasteiger partial charge in [0.2, 0.25) is 6.79 Å². The van der Waals surface area contributed by atoms with Crippen LogP contribution >= 0.6 is 0 Å². The summed E-state index contributed by atoms with van der Waals surface area (Å²) in [4.78, 5) is 14.1. The maximum atomic E-state index is 12.4. The number of amides is 1. The van der Waals surface area contributed by atoms with E-state index in [-0.39, 0.29) is 12.7 Å². The van der Waals surface area contributed by atoms with Gasteiger partial charge in [0.15, 0.2) is 11.5 Å². The largest absolute Gasteiger partial charge is 0.454 e. The molecular formula is C17H14N2O3. The van der Waals surface area contributed by atoms with E-state index in [4.69, 9.17) is 14.7 Å². The summed E-state index contributed by atoms with van der Waals surface area (Å²) in [5, 5.41) is 8.79. The molecule has 2 aromatic carbocycles. The van der Waals surface area contributed by atoms with Gasteiger partial charge in [0.25, 0.3) is 5.91 Å². The highest BCUT2D eigenvalue weighted by molar-refractivity contribution is 5.94. The lowest BCUT2D eigenvalue weighted by atomic mass is 10.1. The minimum atomic E-state index is -0.0948. The molecule has 0 radical (unpaired) electrons. The van der Waals surface area contributed by atoms with Crippen molar-refractivity contribution >= 4 is 5.91 Å². The number of hydrogen-bond acceptors (Lipinski definition) is 4. The van der Waals surface area contributed by atoms with E-state index < -0.39 is 0 Å². The quantitative estimate of drug-likeness (QED) is 0.872. The van der Waals surface area contributed by atoms with Crippen molar-refractivity contribution in [2.75, 3.05) is 13.8 Å². The number of nitriles is 1. The van der Waals surface area contributed by atoms with Crippen LogP contribution in [0.4, 0.5) is 0 Å². The smallest absolute Gasteiger partial charge is 0.254 e. The Kier molecular flexibility index (Phi) is 3.67. The molecule has 2 aromatic rings. The summed E-state index contributed by atoms with van der Waals surface area (Å²) in [6, 6.07) is 14.4. The topological polar surface area (TPSA) is 62.6 Å². The van der Waals surface area contributed by atoms with Crippen molar-refractivity contribution in [2.24, 2.45) is 0 Å². The molecule has 0 aliphatic carbocycles. The molecule has 0 saturated carbocycles. The van der Waals surface area contributed by atoms with E-state index in [0.29, 0.717) is 29.2 Å². The summed E-state index contributed by atoms with van der Waals surface area (Å²) < 4.78 is 10.5. The minimum Gasteiger partial charge on any atom is -0.454 e. The summed E-state index contributed by atoms with van der Waals surface area (Å²) in [7, 11) is 1.74. The molecule has 5 heteroatoms. The molecule has 1 aliphatic rings. The Morgan fingerprint density at radius 2 is 1.91 bits per heavy atom. The van der Waals surface area contributed by atoms with Gasteiger partial charge in [-0.15, -0.1) is 0 Å². The molecule has 0 spiro atoms. The Morgan fingerprint density at radius 3 is 2.64 bits per heavy atom. The van der Waals surface area contributed by atoms with Crippen molar-refractivity contribution in [1.82, 2.24) is 4.90 Å². The Hall–Kier alpha value is -3.00. The first-order chi connectivity index (χ1) is 10.7. The maximum Gasteiger partial charge on any atom is 0.254 e. The monoisotopic (exact) mass is 294 g/mol. The normalized spacial score (nSPS) is 11.8. The zero-order chi connectivity index (χ0) is 15.5. The molecule has 0 saturated heterocycles. The molecule has 0 atom stereocenters. The second-order valence-corrected chi connectivity index (χ2v) is 5.04. The van der Waals surface area contributed by atoms with Crippen LogP contribution in [-0.2, 0) is 6.54 Å². The Bertz CT molecular complexity index is 747. The molecule has 22 heavy (non-hydrogen) atoms. The lowest BCUT2D eigenvalue weighted by molar-refractivity contribution is 0.0784. The predicted octanol–water partition coefficient (Wildman–Crippen LogP) is 2.56. The molecule has 5 nitrogen and oxygen atoms in total. The molecule has 1 aliphatic heterocycles. The molecule has 0 N–H and O–H groups in total. The minimum absolute atomic E-state index is 0.0948. The van der Waals surface area contributed by atoms with E-state index in [1.54, 1.807) is 42.3 Å². The standard InChI is InChI=1S/C17H14N2O3/c1-19(10-13-4-2-12(9-18)3-5-13)17(20)14-6-7-15-16(8-14)22-11-21-15/h2-8H,10-11H2,1H3. The van der Waals surface area contributed by atoms with Crippen LogP contribution in [0, 0.1) is 11.3 Å². The summed E-state index contributed by atoms with van der Waals surface area (Å²) in [5.74, 6) is 1.16. The van der Waals surface area contributed by atoms with Crippen LogP contribution < -0.4 is 9.47 Å². The average Bonchev–Trinajstić information content (AvgIpc) is 3.02. The molecule has 110 valence electrons. The Balaban J connectivity index is 1.72. The highest BCUT2D eigenvalue weighted by Crippen LogP contribution is 2.32. The Morgan fingerprint density at radius 1 is 1.18 bits per heavy atom. The molecule has 0 unspecified atom stereocenters. The average molecular weight is 294 g/mol. The van der Waals surface area contributed by atoms with Gasteiger partial charge < -0.3 is 14.4 Å². The zero-order valence-corrected chi connectivity index (χ0v) is 12.1. The summed E-state index contributed by atoms with van der Waals surface area (Å²) in [6.45, 7) is 0.660. The lowest BCUT2D eigenvalue weighted by Crippen LogP contribution is -2.26. The van der Waals surface area contributed by atoms with Crippen LogP contribution in [0.3, 0.4) is 0 Å². The number of fused-ring (bicyclic) bond motifs is 1. The highest BCUT2D eigenvalue weighted by Gasteiger charge is 2.18. The number of benzene rings is 2. The Labute approximate surface area is 128 Å². The van der Waals surface area contributed by atoms with Gasteiger partial charge in [-0.05, 0) is 35.9 Å². The van der Waals surface area contributed by atoms with Gasteiger partial charge in [-0.3, -0.25) is 4.79 Å². The molecule has 0 bridgehead atoms. The number of rotatable bonds is 3. The third kappa shape index (κ3) is 2.72. The van der Waals surface area contributed by atoms with Crippen molar-refractivity contribution in [3.8, 4) is 17.6 Å². The molecular weight excluding hydrogens is 280 g/mol. The summed E-state index contributed by atoms with van der Waals surface area (Å²) in [5.41, 5.74) is 2.13. The highest BCUT2D eigenvalue weighted by atomic mass is 16.7. The fourth-order valence-corrected chi connectivity index (χ4v) is 2.28. The molecule has 0 aromatic heterocycles. The third-order valence-corrected chi connectivity index (χ3v) is 3.47. The van der Waals surface area contributed by atoms with Crippen molar-refractivity contribution in [3.63, 3.8) is 0 Å². The van der Waals surface area contributed by atoms with E-state index in [2.05, 4.69) is 6.07 Å². The molecule has 1 heterocycles. The number of hydrogen-bond donors (Lipinski definition) is 0.